The molecule has 5 heteroatoms. The van der Waals surface area contributed by atoms with E-state index >= 15 is 0 Å². The maximum atomic E-state index is 8.85. The zero-order valence-corrected chi connectivity index (χ0v) is 13.4. The molecule has 3 nitrogen and oxygen atoms in total. The SMILES string of the molecule is Cc1ccccc1CSc1cc(Br)ccc1/C(N)=N/O. The minimum absolute atomic E-state index is 0.129. The van der Waals surface area contributed by atoms with Crippen molar-refractivity contribution in [2.75, 3.05) is 0 Å². The maximum absolute atomic E-state index is 8.85. The summed E-state index contributed by atoms with van der Waals surface area (Å²) in [6, 6.07) is 14.0. The molecule has 0 amide bonds. The van der Waals surface area contributed by atoms with Crippen LogP contribution in [0.15, 0.2) is 57.0 Å². The number of amidine groups is 1. The zero-order chi connectivity index (χ0) is 14.5. The molecule has 0 bridgehead atoms. The van der Waals surface area contributed by atoms with Crippen molar-refractivity contribution in [3.05, 3.63) is 63.6 Å². The molecular formula is C15H15BrN2OS. The van der Waals surface area contributed by atoms with Crippen molar-refractivity contribution in [2.45, 2.75) is 17.6 Å². The van der Waals surface area contributed by atoms with E-state index in [-0.39, 0.29) is 5.84 Å². The monoisotopic (exact) mass is 350 g/mol. The minimum atomic E-state index is 0.129. The first-order chi connectivity index (χ1) is 9.61. The summed E-state index contributed by atoms with van der Waals surface area (Å²) in [5.41, 5.74) is 9.00. The van der Waals surface area contributed by atoms with Crippen LogP contribution in [-0.2, 0) is 5.75 Å². The topological polar surface area (TPSA) is 58.6 Å². The van der Waals surface area contributed by atoms with Gasteiger partial charge in [0.1, 0.15) is 0 Å². The number of aryl methyl sites for hydroxylation is 1. The lowest BCUT2D eigenvalue weighted by Crippen LogP contribution is -2.14. The number of hydrogen-bond acceptors (Lipinski definition) is 3. The van der Waals surface area contributed by atoms with Gasteiger partial charge in [0, 0.05) is 20.7 Å². The highest BCUT2D eigenvalue weighted by Gasteiger charge is 2.09. The molecule has 2 aromatic carbocycles. The van der Waals surface area contributed by atoms with Gasteiger partial charge in [-0.05, 0) is 36.2 Å². The summed E-state index contributed by atoms with van der Waals surface area (Å²) in [5.74, 6) is 0.972. The van der Waals surface area contributed by atoms with Gasteiger partial charge in [-0.25, -0.2) is 0 Å². The van der Waals surface area contributed by atoms with Crippen LogP contribution in [-0.4, -0.2) is 11.0 Å². The molecule has 0 spiro atoms. The van der Waals surface area contributed by atoms with Crippen LogP contribution in [0.1, 0.15) is 16.7 Å². The predicted octanol–water partition coefficient (Wildman–Crippen LogP) is 4.14. The van der Waals surface area contributed by atoms with Crippen molar-refractivity contribution < 1.29 is 5.21 Å². The van der Waals surface area contributed by atoms with Crippen LogP contribution >= 0.6 is 27.7 Å². The molecule has 2 rings (SSSR count). The van der Waals surface area contributed by atoms with Crippen molar-refractivity contribution in [3.63, 3.8) is 0 Å². The predicted molar refractivity (Wildman–Crippen MR) is 87.4 cm³/mol. The second-order valence-corrected chi connectivity index (χ2v) is 6.27. The first kappa shape index (κ1) is 14.9. The summed E-state index contributed by atoms with van der Waals surface area (Å²) < 4.78 is 0.972. The van der Waals surface area contributed by atoms with E-state index in [1.165, 1.54) is 11.1 Å². The molecule has 0 saturated heterocycles. The van der Waals surface area contributed by atoms with E-state index in [0.29, 0.717) is 0 Å². The number of nitrogens with two attached hydrogens (primary N) is 1. The molecular weight excluding hydrogens is 336 g/mol. The average Bonchev–Trinajstić information content (AvgIpc) is 2.46. The summed E-state index contributed by atoms with van der Waals surface area (Å²) in [5, 5.41) is 11.9. The summed E-state index contributed by atoms with van der Waals surface area (Å²) in [6.45, 7) is 2.10. The van der Waals surface area contributed by atoms with Gasteiger partial charge < -0.3 is 10.9 Å². The summed E-state index contributed by atoms with van der Waals surface area (Å²) in [7, 11) is 0. The van der Waals surface area contributed by atoms with Crippen LogP contribution in [0.2, 0.25) is 0 Å². The van der Waals surface area contributed by atoms with Gasteiger partial charge in [0.15, 0.2) is 5.84 Å². The Morgan fingerprint density at radius 3 is 2.75 bits per heavy atom. The molecule has 0 saturated carbocycles. The summed E-state index contributed by atoms with van der Waals surface area (Å²) in [4.78, 5) is 0.984. The van der Waals surface area contributed by atoms with Crippen molar-refractivity contribution in [1.29, 1.82) is 0 Å². The van der Waals surface area contributed by atoms with Gasteiger partial charge in [-0.2, -0.15) is 0 Å². The van der Waals surface area contributed by atoms with Crippen molar-refractivity contribution in [2.24, 2.45) is 10.9 Å². The fourth-order valence-corrected chi connectivity index (χ4v) is 3.49. The summed E-state index contributed by atoms with van der Waals surface area (Å²) >= 11 is 5.12. The van der Waals surface area contributed by atoms with Gasteiger partial charge in [0.25, 0.3) is 0 Å². The highest BCUT2D eigenvalue weighted by Crippen LogP contribution is 2.30. The number of thioether (sulfide) groups is 1. The first-order valence-corrected chi connectivity index (χ1v) is 7.84. The quantitative estimate of drug-likeness (QED) is 0.286. The van der Waals surface area contributed by atoms with Gasteiger partial charge in [0.2, 0.25) is 0 Å². The van der Waals surface area contributed by atoms with Crippen LogP contribution in [0.5, 0.6) is 0 Å². The molecule has 0 aliphatic carbocycles. The van der Waals surface area contributed by atoms with Gasteiger partial charge in [-0.15, -0.1) is 11.8 Å². The lowest BCUT2D eigenvalue weighted by atomic mass is 10.1. The summed E-state index contributed by atoms with van der Waals surface area (Å²) in [6.07, 6.45) is 0. The number of nitrogens with zero attached hydrogens (tertiary/aromatic N) is 1. The normalized spacial score (nSPS) is 11.6. The Labute approximate surface area is 131 Å². The van der Waals surface area contributed by atoms with Gasteiger partial charge in [-0.3, -0.25) is 0 Å². The second kappa shape index (κ2) is 6.81. The molecule has 0 unspecified atom stereocenters. The molecule has 0 aromatic heterocycles. The minimum Gasteiger partial charge on any atom is -0.409 e. The molecule has 0 radical (unpaired) electrons. The van der Waals surface area contributed by atoms with Gasteiger partial charge >= 0.3 is 0 Å². The van der Waals surface area contributed by atoms with E-state index in [0.717, 1.165) is 20.7 Å². The number of oxime groups is 1. The van der Waals surface area contributed by atoms with Gasteiger partial charge in [-0.1, -0.05) is 45.4 Å². The van der Waals surface area contributed by atoms with Crippen LogP contribution in [0.25, 0.3) is 0 Å². The van der Waals surface area contributed by atoms with Crippen LogP contribution in [0.4, 0.5) is 0 Å². The van der Waals surface area contributed by atoms with E-state index in [9.17, 15) is 0 Å². The Balaban J connectivity index is 2.25. The Morgan fingerprint density at radius 2 is 2.05 bits per heavy atom. The van der Waals surface area contributed by atoms with Crippen LogP contribution in [0.3, 0.4) is 0 Å². The van der Waals surface area contributed by atoms with E-state index in [4.69, 9.17) is 10.9 Å². The van der Waals surface area contributed by atoms with Crippen molar-refractivity contribution in [1.82, 2.24) is 0 Å². The van der Waals surface area contributed by atoms with Gasteiger partial charge in [0.05, 0.1) is 0 Å². The van der Waals surface area contributed by atoms with E-state index < -0.39 is 0 Å². The fraction of sp³-hybridized carbons (Fsp3) is 0.133. The van der Waals surface area contributed by atoms with Crippen LogP contribution in [0, 0.1) is 6.92 Å². The fourth-order valence-electron chi connectivity index (χ4n) is 1.81. The Bertz CT molecular complexity index is 644. The first-order valence-electron chi connectivity index (χ1n) is 6.06. The smallest absolute Gasteiger partial charge is 0.171 e. The van der Waals surface area contributed by atoms with Crippen molar-refractivity contribution in [3.8, 4) is 0 Å². The highest BCUT2D eigenvalue weighted by atomic mass is 79.9. The molecule has 0 atom stereocenters. The largest absolute Gasteiger partial charge is 0.409 e. The molecule has 0 aliphatic heterocycles. The maximum Gasteiger partial charge on any atom is 0.171 e. The molecule has 20 heavy (non-hydrogen) atoms. The lowest BCUT2D eigenvalue weighted by Gasteiger charge is -2.10. The highest BCUT2D eigenvalue weighted by molar-refractivity contribution is 9.10. The Hall–Kier alpha value is -1.46. The zero-order valence-electron chi connectivity index (χ0n) is 11.0. The third-order valence-corrected chi connectivity index (χ3v) is 4.57. The lowest BCUT2D eigenvalue weighted by molar-refractivity contribution is 0.318. The Morgan fingerprint density at radius 1 is 1.30 bits per heavy atom. The third kappa shape index (κ3) is 3.55. The Kier molecular flexibility index (Phi) is 5.09. The molecule has 2 aromatic rings. The average molecular weight is 351 g/mol. The second-order valence-electron chi connectivity index (χ2n) is 4.34. The molecule has 3 N–H and O–H groups in total. The molecule has 0 heterocycles. The third-order valence-electron chi connectivity index (χ3n) is 2.97. The number of rotatable bonds is 4. The number of halogens is 1. The van der Waals surface area contributed by atoms with Crippen LogP contribution < -0.4 is 5.73 Å². The standard InChI is InChI=1S/C15H15BrN2OS/c1-10-4-2-3-5-11(10)9-20-14-8-12(16)6-7-13(14)15(17)18-19/h2-8,19H,9H2,1H3,(H2,17,18). The van der Waals surface area contributed by atoms with E-state index in [1.807, 2.05) is 30.3 Å². The molecule has 104 valence electrons. The van der Waals surface area contributed by atoms with E-state index in [2.05, 4.69) is 40.1 Å². The number of hydrogen-bond donors (Lipinski definition) is 2. The number of benzene rings is 2. The molecule has 0 aliphatic rings. The van der Waals surface area contributed by atoms with Crippen molar-refractivity contribution >= 4 is 33.5 Å². The molecule has 0 fully saturated rings. The van der Waals surface area contributed by atoms with E-state index in [1.54, 1.807) is 11.8 Å².